The fourth-order valence-corrected chi connectivity index (χ4v) is 1.43. The SMILES string of the molecule is COc1ccccc1/N=N/c1ccc(O)c(N)c1. The minimum absolute atomic E-state index is 0.0336. The summed E-state index contributed by atoms with van der Waals surface area (Å²) in [6, 6.07) is 12.0. The maximum Gasteiger partial charge on any atom is 0.146 e. The molecule has 92 valence electrons. The zero-order valence-corrected chi connectivity index (χ0v) is 9.87. The first-order valence-corrected chi connectivity index (χ1v) is 5.34. The van der Waals surface area contributed by atoms with Gasteiger partial charge in [0.25, 0.3) is 0 Å². The number of hydrogen-bond donors (Lipinski definition) is 2. The van der Waals surface area contributed by atoms with E-state index in [-0.39, 0.29) is 11.4 Å². The highest BCUT2D eigenvalue weighted by atomic mass is 16.5. The minimum atomic E-state index is 0.0336. The molecule has 0 aromatic heterocycles. The first kappa shape index (κ1) is 11.9. The third-order valence-corrected chi connectivity index (χ3v) is 2.37. The number of benzene rings is 2. The summed E-state index contributed by atoms with van der Waals surface area (Å²) in [5.74, 6) is 0.680. The number of methoxy groups -OCH3 is 1. The van der Waals surface area contributed by atoms with Crippen LogP contribution in [0.4, 0.5) is 17.1 Å². The summed E-state index contributed by atoms with van der Waals surface area (Å²) in [6.45, 7) is 0. The average Bonchev–Trinajstić information content (AvgIpc) is 2.40. The molecule has 2 rings (SSSR count). The summed E-state index contributed by atoms with van der Waals surface area (Å²) in [7, 11) is 1.58. The number of azo groups is 1. The maximum absolute atomic E-state index is 9.29. The van der Waals surface area contributed by atoms with E-state index >= 15 is 0 Å². The second-order valence-corrected chi connectivity index (χ2v) is 3.61. The van der Waals surface area contributed by atoms with Crippen LogP contribution >= 0.6 is 0 Å². The molecule has 5 nitrogen and oxygen atoms in total. The Hall–Kier alpha value is -2.56. The molecule has 0 aliphatic rings. The number of rotatable bonds is 3. The molecule has 0 radical (unpaired) electrons. The van der Waals surface area contributed by atoms with E-state index in [1.165, 1.54) is 6.07 Å². The zero-order valence-electron chi connectivity index (χ0n) is 9.87. The molecule has 0 spiro atoms. The molecule has 0 amide bonds. The van der Waals surface area contributed by atoms with Gasteiger partial charge < -0.3 is 15.6 Å². The molecule has 0 saturated carbocycles. The van der Waals surface area contributed by atoms with Crippen molar-refractivity contribution in [3.63, 3.8) is 0 Å². The molecular formula is C13H13N3O2. The Morgan fingerprint density at radius 1 is 1.11 bits per heavy atom. The zero-order chi connectivity index (χ0) is 13.0. The molecule has 0 saturated heterocycles. The smallest absolute Gasteiger partial charge is 0.146 e. The number of phenolic OH excluding ortho intramolecular Hbond substituents is 1. The summed E-state index contributed by atoms with van der Waals surface area (Å²) in [4.78, 5) is 0. The van der Waals surface area contributed by atoms with Crippen LogP contribution in [0.3, 0.4) is 0 Å². The van der Waals surface area contributed by atoms with Crippen molar-refractivity contribution >= 4 is 17.1 Å². The lowest BCUT2D eigenvalue weighted by Gasteiger charge is -2.02. The van der Waals surface area contributed by atoms with Gasteiger partial charge in [-0.05, 0) is 30.3 Å². The van der Waals surface area contributed by atoms with Crippen molar-refractivity contribution in [3.05, 3.63) is 42.5 Å². The molecule has 5 heteroatoms. The quantitative estimate of drug-likeness (QED) is 0.492. The lowest BCUT2D eigenvalue weighted by molar-refractivity contribution is 0.416. The summed E-state index contributed by atoms with van der Waals surface area (Å²) in [5.41, 5.74) is 7.04. The summed E-state index contributed by atoms with van der Waals surface area (Å²) in [6.07, 6.45) is 0. The normalized spacial score (nSPS) is 10.7. The Kier molecular flexibility index (Phi) is 3.43. The van der Waals surface area contributed by atoms with Gasteiger partial charge in [-0.3, -0.25) is 0 Å². The number of phenols is 1. The highest BCUT2D eigenvalue weighted by Crippen LogP contribution is 2.30. The van der Waals surface area contributed by atoms with Gasteiger partial charge in [0.2, 0.25) is 0 Å². The van der Waals surface area contributed by atoms with Crippen molar-refractivity contribution < 1.29 is 9.84 Å². The van der Waals surface area contributed by atoms with Gasteiger partial charge in [-0.15, -0.1) is 5.11 Å². The van der Waals surface area contributed by atoms with Gasteiger partial charge in [-0.1, -0.05) is 12.1 Å². The topological polar surface area (TPSA) is 80.2 Å². The van der Waals surface area contributed by atoms with Gasteiger partial charge in [0.05, 0.1) is 18.5 Å². The Bertz CT molecular complexity index is 582. The lowest BCUT2D eigenvalue weighted by atomic mass is 10.2. The predicted octanol–water partition coefficient (Wildman–Crippen LogP) is 3.40. The number of aromatic hydroxyl groups is 1. The van der Waals surface area contributed by atoms with E-state index in [1.807, 2.05) is 12.1 Å². The van der Waals surface area contributed by atoms with Crippen LogP contribution in [0.5, 0.6) is 11.5 Å². The number of nitrogens with two attached hydrogens (primary N) is 1. The van der Waals surface area contributed by atoms with Crippen LogP contribution in [-0.4, -0.2) is 12.2 Å². The van der Waals surface area contributed by atoms with E-state index in [2.05, 4.69) is 10.2 Å². The fourth-order valence-electron chi connectivity index (χ4n) is 1.43. The van der Waals surface area contributed by atoms with E-state index in [9.17, 15) is 5.11 Å². The number of ether oxygens (including phenoxy) is 1. The molecule has 0 bridgehead atoms. The highest BCUT2D eigenvalue weighted by Gasteiger charge is 2.00. The van der Waals surface area contributed by atoms with Crippen LogP contribution in [0.15, 0.2) is 52.7 Å². The molecule has 0 fully saturated rings. The molecular weight excluding hydrogens is 230 g/mol. The Balaban J connectivity index is 2.27. The van der Waals surface area contributed by atoms with E-state index in [0.29, 0.717) is 17.1 Å². The van der Waals surface area contributed by atoms with Gasteiger partial charge in [-0.25, -0.2) is 0 Å². The lowest BCUT2D eigenvalue weighted by Crippen LogP contribution is -1.84. The Morgan fingerprint density at radius 3 is 2.61 bits per heavy atom. The van der Waals surface area contributed by atoms with Crippen LogP contribution < -0.4 is 10.5 Å². The number of nitrogens with zero attached hydrogens (tertiary/aromatic N) is 2. The minimum Gasteiger partial charge on any atom is -0.506 e. The molecule has 0 aliphatic heterocycles. The van der Waals surface area contributed by atoms with Crippen LogP contribution in [0.1, 0.15) is 0 Å². The highest BCUT2D eigenvalue weighted by molar-refractivity contribution is 5.59. The summed E-state index contributed by atoms with van der Waals surface area (Å²) >= 11 is 0. The molecule has 0 aliphatic carbocycles. The van der Waals surface area contributed by atoms with Crippen molar-refractivity contribution in [2.75, 3.05) is 12.8 Å². The van der Waals surface area contributed by atoms with Crippen molar-refractivity contribution in [1.29, 1.82) is 0 Å². The number of anilines is 1. The average molecular weight is 243 g/mol. The number of para-hydroxylation sites is 1. The first-order chi connectivity index (χ1) is 8.70. The third-order valence-electron chi connectivity index (χ3n) is 2.37. The van der Waals surface area contributed by atoms with E-state index in [4.69, 9.17) is 10.5 Å². The molecule has 2 aromatic rings. The van der Waals surface area contributed by atoms with Crippen molar-refractivity contribution in [2.24, 2.45) is 10.2 Å². The molecule has 2 aromatic carbocycles. The van der Waals surface area contributed by atoms with Crippen LogP contribution in [-0.2, 0) is 0 Å². The molecule has 18 heavy (non-hydrogen) atoms. The summed E-state index contributed by atoms with van der Waals surface area (Å²) in [5, 5.41) is 17.4. The second-order valence-electron chi connectivity index (χ2n) is 3.61. The van der Waals surface area contributed by atoms with Gasteiger partial charge in [-0.2, -0.15) is 5.11 Å². The van der Waals surface area contributed by atoms with Gasteiger partial charge in [0.1, 0.15) is 17.2 Å². The van der Waals surface area contributed by atoms with Gasteiger partial charge in [0.15, 0.2) is 0 Å². The maximum atomic E-state index is 9.29. The van der Waals surface area contributed by atoms with Crippen LogP contribution in [0, 0.1) is 0 Å². The largest absolute Gasteiger partial charge is 0.506 e. The fraction of sp³-hybridized carbons (Fsp3) is 0.0769. The monoisotopic (exact) mass is 243 g/mol. The van der Waals surface area contributed by atoms with Gasteiger partial charge >= 0.3 is 0 Å². The molecule has 3 N–H and O–H groups in total. The number of nitrogen functional groups attached to an aromatic ring is 1. The summed E-state index contributed by atoms with van der Waals surface area (Å²) < 4.78 is 5.16. The standard InChI is InChI=1S/C13H13N3O2/c1-18-13-5-3-2-4-11(13)16-15-9-6-7-12(17)10(14)8-9/h2-8,17H,14H2,1H3/b16-15+. The van der Waals surface area contributed by atoms with Gasteiger partial charge in [0, 0.05) is 0 Å². The van der Waals surface area contributed by atoms with Crippen molar-refractivity contribution in [2.45, 2.75) is 0 Å². The first-order valence-electron chi connectivity index (χ1n) is 5.34. The third kappa shape index (κ3) is 2.57. The van der Waals surface area contributed by atoms with E-state index < -0.39 is 0 Å². The molecule has 0 heterocycles. The van der Waals surface area contributed by atoms with E-state index in [1.54, 1.807) is 31.4 Å². The number of hydrogen-bond acceptors (Lipinski definition) is 5. The Morgan fingerprint density at radius 2 is 1.89 bits per heavy atom. The van der Waals surface area contributed by atoms with Crippen molar-refractivity contribution in [1.82, 2.24) is 0 Å². The second kappa shape index (κ2) is 5.18. The van der Waals surface area contributed by atoms with Crippen LogP contribution in [0.2, 0.25) is 0 Å². The predicted molar refractivity (Wildman–Crippen MR) is 69.7 cm³/mol. The van der Waals surface area contributed by atoms with Crippen LogP contribution in [0.25, 0.3) is 0 Å². The Labute approximate surface area is 105 Å². The molecule has 0 unspecified atom stereocenters. The van der Waals surface area contributed by atoms with E-state index in [0.717, 1.165) is 0 Å². The van der Waals surface area contributed by atoms with Crippen molar-refractivity contribution in [3.8, 4) is 11.5 Å². The molecule has 0 atom stereocenters.